The predicted molar refractivity (Wildman–Crippen MR) is 73.7 cm³/mol. The second kappa shape index (κ2) is 9.46. The summed E-state index contributed by atoms with van der Waals surface area (Å²) in [5, 5.41) is 2.99. The summed E-state index contributed by atoms with van der Waals surface area (Å²) < 4.78 is 0. The Balaban J connectivity index is 3.95. The average Bonchev–Trinajstić information content (AvgIpc) is 2.24. The molecule has 0 aromatic carbocycles. The Bertz CT molecular complexity index is 198. The first-order valence-corrected chi connectivity index (χ1v) is 7.04. The lowest BCUT2D eigenvalue weighted by Crippen LogP contribution is -2.40. The van der Waals surface area contributed by atoms with E-state index < -0.39 is 0 Å². The van der Waals surface area contributed by atoms with E-state index in [1.54, 1.807) is 0 Å². The van der Waals surface area contributed by atoms with Crippen molar-refractivity contribution in [2.45, 2.75) is 65.8 Å². The van der Waals surface area contributed by atoms with Crippen molar-refractivity contribution >= 4 is 5.91 Å². The van der Waals surface area contributed by atoms with Gasteiger partial charge < -0.3 is 11.1 Å². The van der Waals surface area contributed by atoms with Crippen LogP contribution in [0.15, 0.2) is 0 Å². The molecule has 0 aliphatic heterocycles. The minimum absolute atomic E-state index is 0.0860. The molecule has 1 atom stereocenters. The molecule has 0 bridgehead atoms. The third-order valence-corrected chi connectivity index (χ3v) is 2.96. The van der Waals surface area contributed by atoms with E-state index in [4.69, 9.17) is 5.73 Å². The number of carbonyl (C=O) groups is 1. The summed E-state index contributed by atoms with van der Waals surface area (Å²) in [5.74, 6) is 0.952. The smallest absolute Gasteiger partial charge is 0.223 e. The van der Waals surface area contributed by atoms with Gasteiger partial charge in [-0.25, -0.2) is 0 Å². The van der Waals surface area contributed by atoms with Crippen molar-refractivity contribution in [1.29, 1.82) is 0 Å². The Morgan fingerprint density at radius 2 is 1.71 bits per heavy atom. The van der Waals surface area contributed by atoms with E-state index in [-0.39, 0.29) is 17.9 Å². The van der Waals surface area contributed by atoms with Gasteiger partial charge in [-0.15, -0.1) is 0 Å². The number of carbonyl (C=O) groups excluding carboxylic acids is 1. The Morgan fingerprint density at radius 3 is 2.12 bits per heavy atom. The van der Waals surface area contributed by atoms with Gasteiger partial charge >= 0.3 is 0 Å². The molecule has 0 aromatic rings. The van der Waals surface area contributed by atoms with Crippen molar-refractivity contribution < 1.29 is 4.79 Å². The van der Waals surface area contributed by atoms with Gasteiger partial charge in [0.1, 0.15) is 0 Å². The molecular weight excluding hydrogens is 212 g/mol. The normalized spacial score (nSPS) is 13.1. The van der Waals surface area contributed by atoms with E-state index in [0.717, 1.165) is 32.1 Å². The molecule has 0 aliphatic carbocycles. The monoisotopic (exact) mass is 242 g/mol. The van der Waals surface area contributed by atoms with Crippen LogP contribution in [0.3, 0.4) is 0 Å². The topological polar surface area (TPSA) is 55.1 Å². The Kier molecular flexibility index (Phi) is 9.14. The lowest BCUT2D eigenvalue weighted by molar-refractivity contribution is -0.125. The van der Waals surface area contributed by atoms with Crippen LogP contribution in [0.1, 0.15) is 59.8 Å². The summed E-state index contributed by atoms with van der Waals surface area (Å²) in [6.45, 7) is 9.17. The summed E-state index contributed by atoms with van der Waals surface area (Å²) in [4.78, 5) is 11.9. The molecule has 0 spiro atoms. The maximum atomic E-state index is 11.9. The second-order valence-electron chi connectivity index (χ2n) is 5.41. The molecule has 1 amide bonds. The van der Waals surface area contributed by atoms with E-state index in [1.807, 2.05) is 0 Å². The molecule has 0 saturated carbocycles. The molecule has 3 N–H and O–H groups in total. The molecule has 0 aliphatic rings. The zero-order valence-corrected chi connectivity index (χ0v) is 12.0. The average molecular weight is 242 g/mol. The first-order valence-electron chi connectivity index (χ1n) is 7.04. The highest BCUT2D eigenvalue weighted by Gasteiger charge is 2.17. The lowest BCUT2D eigenvalue weighted by atomic mass is 9.97. The highest BCUT2D eigenvalue weighted by Crippen LogP contribution is 2.13. The van der Waals surface area contributed by atoms with Crippen LogP contribution >= 0.6 is 0 Å². The first-order chi connectivity index (χ1) is 8.01. The van der Waals surface area contributed by atoms with Gasteiger partial charge in [0.15, 0.2) is 0 Å². The van der Waals surface area contributed by atoms with Crippen LogP contribution < -0.4 is 11.1 Å². The highest BCUT2D eigenvalue weighted by molar-refractivity contribution is 5.78. The standard InChI is InChI=1S/C14H30N2O/c1-5-7-12(8-6-2)14(17)16-10-13(15)9-11(3)4/h11-13H,5-10,15H2,1-4H3,(H,16,17). The van der Waals surface area contributed by atoms with Crippen LogP contribution in [0.2, 0.25) is 0 Å². The van der Waals surface area contributed by atoms with E-state index in [0.29, 0.717) is 12.5 Å². The summed E-state index contributed by atoms with van der Waals surface area (Å²) >= 11 is 0. The maximum absolute atomic E-state index is 11.9. The molecule has 17 heavy (non-hydrogen) atoms. The van der Waals surface area contributed by atoms with Crippen LogP contribution in [0, 0.1) is 11.8 Å². The van der Waals surface area contributed by atoms with Crippen molar-refractivity contribution in [2.75, 3.05) is 6.54 Å². The number of rotatable bonds is 9. The van der Waals surface area contributed by atoms with Gasteiger partial charge in [0, 0.05) is 18.5 Å². The van der Waals surface area contributed by atoms with Gasteiger partial charge in [-0.2, -0.15) is 0 Å². The second-order valence-corrected chi connectivity index (χ2v) is 5.41. The fourth-order valence-electron chi connectivity index (χ4n) is 2.17. The van der Waals surface area contributed by atoms with Gasteiger partial charge in [-0.3, -0.25) is 4.79 Å². The number of nitrogens with one attached hydrogen (secondary N) is 1. The summed E-state index contributed by atoms with van der Waals surface area (Å²) in [6, 6.07) is 0.0860. The molecule has 102 valence electrons. The summed E-state index contributed by atoms with van der Waals surface area (Å²) in [6.07, 6.45) is 5.07. The molecule has 0 radical (unpaired) electrons. The fourth-order valence-corrected chi connectivity index (χ4v) is 2.17. The molecule has 0 rings (SSSR count). The van der Waals surface area contributed by atoms with Gasteiger partial charge in [0.05, 0.1) is 0 Å². The van der Waals surface area contributed by atoms with E-state index in [2.05, 4.69) is 33.0 Å². The zero-order chi connectivity index (χ0) is 13.3. The largest absolute Gasteiger partial charge is 0.354 e. The van der Waals surface area contributed by atoms with Gasteiger partial charge in [-0.1, -0.05) is 40.5 Å². The van der Waals surface area contributed by atoms with Gasteiger partial charge in [-0.05, 0) is 25.2 Å². The maximum Gasteiger partial charge on any atom is 0.223 e. The molecular formula is C14H30N2O. The summed E-state index contributed by atoms with van der Waals surface area (Å²) in [7, 11) is 0. The lowest BCUT2D eigenvalue weighted by Gasteiger charge is -2.18. The van der Waals surface area contributed by atoms with Gasteiger partial charge in [0.2, 0.25) is 5.91 Å². The molecule has 3 heteroatoms. The van der Waals surface area contributed by atoms with E-state index in [9.17, 15) is 4.79 Å². The van der Waals surface area contributed by atoms with Crippen LogP contribution in [-0.4, -0.2) is 18.5 Å². The minimum Gasteiger partial charge on any atom is -0.354 e. The number of hydrogen-bond donors (Lipinski definition) is 2. The Hall–Kier alpha value is -0.570. The quantitative estimate of drug-likeness (QED) is 0.653. The molecule has 0 aromatic heterocycles. The van der Waals surface area contributed by atoms with Crippen molar-refractivity contribution in [1.82, 2.24) is 5.32 Å². The van der Waals surface area contributed by atoms with Crippen molar-refractivity contribution in [3.05, 3.63) is 0 Å². The highest BCUT2D eigenvalue weighted by atomic mass is 16.1. The third kappa shape index (κ3) is 8.19. The number of nitrogens with two attached hydrogens (primary N) is 1. The van der Waals surface area contributed by atoms with Crippen LogP contribution in [0.25, 0.3) is 0 Å². The molecule has 3 nitrogen and oxygen atoms in total. The third-order valence-electron chi connectivity index (χ3n) is 2.96. The Labute approximate surface area is 107 Å². The van der Waals surface area contributed by atoms with Crippen LogP contribution in [-0.2, 0) is 4.79 Å². The molecule has 1 unspecified atom stereocenters. The van der Waals surface area contributed by atoms with Crippen molar-refractivity contribution in [3.63, 3.8) is 0 Å². The van der Waals surface area contributed by atoms with Crippen LogP contribution in [0.4, 0.5) is 0 Å². The fraction of sp³-hybridized carbons (Fsp3) is 0.929. The van der Waals surface area contributed by atoms with Crippen molar-refractivity contribution in [3.8, 4) is 0 Å². The number of amides is 1. The van der Waals surface area contributed by atoms with Crippen LogP contribution in [0.5, 0.6) is 0 Å². The molecule has 0 fully saturated rings. The Morgan fingerprint density at radius 1 is 1.18 bits per heavy atom. The van der Waals surface area contributed by atoms with Gasteiger partial charge in [0.25, 0.3) is 0 Å². The van der Waals surface area contributed by atoms with Crippen molar-refractivity contribution in [2.24, 2.45) is 17.6 Å². The summed E-state index contributed by atoms with van der Waals surface area (Å²) in [5.41, 5.74) is 5.96. The zero-order valence-electron chi connectivity index (χ0n) is 12.0. The SMILES string of the molecule is CCCC(CCC)C(=O)NCC(N)CC(C)C. The number of hydrogen-bond acceptors (Lipinski definition) is 2. The van der Waals surface area contributed by atoms with E-state index in [1.165, 1.54) is 0 Å². The predicted octanol–water partition coefficient (Wildman–Crippen LogP) is 2.69. The minimum atomic E-state index is 0.0860. The van der Waals surface area contributed by atoms with E-state index >= 15 is 0 Å². The first kappa shape index (κ1) is 16.4. The molecule has 0 heterocycles. The molecule has 0 saturated heterocycles.